The van der Waals surface area contributed by atoms with E-state index in [1.807, 2.05) is 11.9 Å². The zero-order valence-electron chi connectivity index (χ0n) is 11.2. The van der Waals surface area contributed by atoms with E-state index >= 15 is 0 Å². The van der Waals surface area contributed by atoms with E-state index in [-0.39, 0.29) is 12.0 Å². The first-order valence-corrected chi connectivity index (χ1v) is 7.15. The van der Waals surface area contributed by atoms with Crippen LogP contribution >= 0.6 is 0 Å². The Kier molecular flexibility index (Phi) is 4.08. The molecular weight excluding hydrogens is 212 g/mol. The molecule has 4 unspecified atom stereocenters. The van der Waals surface area contributed by atoms with Crippen LogP contribution in [0.1, 0.15) is 45.4 Å². The molecule has 0 aliphatic heterocycles. The smallest absolute Gasteiger partial charge is 0.227 e. The molecular formula is C14H26N2O. The number of amides is 1. The second kappa shape index (κ2) is 5.38. The Morgan fingerprint density at radius 2 is 2.00 bits per heavy atom. The molecule has 0 aromatic carbocycles. The quantitative estimate of drug-likeness (QED) is 0.745. The SMILES string of the molecule is CCCCCN(C)C(=O)C1C2CCC(C2)C1N. The van der Waals surface area contributed by atoms with E-state index in [1.54, 1.807) is 0 Å². The van der Waals surface area contributed by atoms with Gasteiger partial charge in [0.1, 0.15) is 0 Å². The molecule has 2 N–H and O–H groups in total. The third-order valence-corrected chi connectivity index (χ3v) is 4.74. The van der Waals surface area contributed by atoms with Gasteiger partial charge in [0, 0.05) is 19.6 Å². The molecule has 0 aromatic heterocycles. The Balaban J connectivity index is 1.87. The second-order valence-electron chi connectivity index (χ2n) is 5.90. The molecule has 2 fully saturated rings. The highest BCUT2D eigenvalue weighted by Crippen LogP contribution is 2.48. The molecule has 0 aromatic rings. The minimum atomic E-state index is 0.125. The number of hydrogen-bond donors (Lipinski definition) is 1. The van der Waals surface area contributed by atoms with Crippen LogP contribution in [-0.2, 0) is 4.79 Å². The summed E-state index contributed by atoms with van der Waals surface area (Å²) in [7, 11) is 1.94. The van der Waals surface area contributed by atoms with Gasteiger partial charge in [-0.25, -0.2) is 0 Å². The molecule has 98 valence electrons. The molecule has 2 bridgehead atoms. The first-order chi connectivity index (χ1) is 8.15. The molecule has 2 rings (SSSR count). The zero-order valence-corrected chi connectivity index (χ0v) is 11.2. The summed E-state index contributed by atoms with van der Waals surface area (Å²) in [6, 6.07) is 0.134. The predicted molar refractivity (Wildman–Crippen MR) is 69.5 cm³/mol. The van der Waals surface area contributed by atoms with Gasteiger partial charge in [0.05, 0.1) is 5.92 Å². The average Bonchev–Trinajstić information content (AvgIpc) is 2.89. The van der Waals surface area contributed by atoms with Crippen molar-refractivity contribution in [1.29, 1.82) is 0 Å². The topological polar surface area (TPSA) is 46.3 Å². The summed E-state index contributed by atoms with van der Waals surface area (Å²) >= 11 is 0. The van der Waals surface area contributed by atoms with Crippen LogP contribution in [0.2, 0.25) is 0 Å². The number of nitrogens with zero attached hydrogens (tertiary/aromatic N) is 1. The van der Waals surface area contributed by atoms with E-state index in [9.17, 15) is 4.79 Å². The normalized spacial score (nSPS) is 35.2. The number of nitrogens with two attached hydrogens (primary N) is 1. The van der Waals surface area contributed by atoms with Crippen molar-refractivity contribution in [2.75, 3.05) is 13.6 Å². The molecule has 2 aliphatic carbocycles. The Labute approximate surface area is 105 Å². The van der Waals surface area contributed by atoms with E-state index < -0.39 is 0 Å². The summed E-state index contributed by atoms with van der Waals surface area (Å²) in [6.45, 7) is 3.08. The van der Waals surface area contributed by atoms with E-state index in [0.29, 0.717) is 17.7 Å². The molecule has 0 radical (unpaired) electrons. The maximum Gasteiger partial charge on any atom is 0.227 e. The number of hydrogen-bond acceptors (Lipinski definition) is 2. The lowest BCUT2D eigenvalue weighted by Gasteiger charge is -2.30. The highest BCUT2D eigenvalue weighted by molar-refractivity contribution is 5.80. The van der Waals surface area contributed by atoms with Gasteiger partial charge in [-0.15, -0.1) is 0 Å². The van der Waals surface area contributed by atoms with Gasteiger partial charge in [-0.1, -0.05) is 19.8 Å². The van der Waals surface area contributed by atoms with Crippen LogP contribution in [0.25, 0.3) is 0 Å². The van der Waals surface area contributed by atoms with Gasteiger partial charge in [0.2, 0.25) is 5.91 Å². The first kappa shape index (κ1) is 12.9. The molecule has 17 heavy (non-hydrogen) atoms. The van der Waals surface area contributed by atoms with Gasteiger partial charge in [-0.3, -0.25) is 4.79 Å². The molecule has 1 amide bonds. The minimum absolute atomic E-state index is 0.125. The average molecular weight is 238 g/mol. The van der Waals surface area contributed by atoms with E-state index in [0.717, 1.165) is 13.0 Å². The standard InChI is InChI=1S/C14H26N2O/c1-3-4-5-8-16(2)14(17)12-10-6-7-11(9-10)13(12)15/h10-13H,3-9,15H2,1-2H3. The fourth-order valence-electron chi connectivity index (χ4n) is 3.67. The Bertz CT molecular complexity index is 277. The van der Waals surface area contributed by atoms with E-state index in [4.69, 9.17) is 5.73 Å². The van der Waals surface area contributed by atoms with Crippen LogP contribution in [0, 0.1) is 17.8 Å². The summed E-state index contributed by atoms with van der Waals surface area (Å²) in [6.07, 6.45) is 7.19. The third kappa shape index (κ3) is 2.49. The number of carbonyl (C=O) groups is 1. The van der Waals surface area contributed by atoms with Crippen LogP contribution in [-0.4, -0.2) is 30.4 Å². The second-order valence-corrected chi connectivity index (χ2v) is 5.90. The van der Waals surface area contributed by atoms with Crippen molar-refractivity contribution in [3.05, 3.63) is 0 Å². The molecule has 3 nitrogen and oxygen atoms in total. The van der Waals surface area contributed by atoms with Crippen molar-refractivity contribution in [1.82, 2.24) is 4.90 Å². The lowest BCUT2D eigenvalue weighted by atomic mass is 9.84. The molecule has 0 spiro atoms. The Morgan fingerprint density at radius 3 is 2.59 bits per heavy atom. The van der Waals surface area contributed by atoms with Crippen LogP contribution in [0.15, 0.2) is 0 Å². The number of unbranched alkanes of at least 4 members (excludes halogenated alkanes) is 2. The summed E-state index contributed by atoms with van der Waals surface area (Å²) in [5.74, 6) is 1.63. The fraction of sp³-hybridized carbons (Fsp3) is 0.929. The molecule has 4 atom stereocenters. The maximum absolute atomic E-state index is 12.4. The first-order valence-electron chi connectivity index (χ1n) is 7.15. The highest BCUT2D eigenvalue weighted by Gasteiger charge is 2.49. The van der Waals surface area contributed by atoms with Gasteiger partial charge in [0.15, 0.2) is 0 Å². The Hall–Kier alpha value is -0.570. The van der Waals surface area contributed by atoms with Crippen LogP contribution in [0.5, 0.6) is 0 Å². The lowest BCUT2D eigenvalue weighted by molar-refractivity contribution is -0.136. The van der Waals surface area contributed by atoms with Crippen molar-refractivity contribution >= 4 is 5.91 Å². The summed E-state index contributed by atoms with van der Waals surface area (Å²) in [5.41, 5.74) is 6.21. The fourth-order valence-corrected chi connectivity index (χ4v) is 3.67. The predicted octanol–water partition coefficient (Wildman–Crippen LogP) is 2.01. The van der Waals surface area contributed by atoms with Gasteiger partial charge in [0.25, 0.3) is 0 Å². The van der Waals surface area contributed by atoms with E-state index in [1.165, 1.54) is 32.1 Å². The minimum Gasteiger partial charge on any atom is -0.345 e. The monoisotopic (exact) mass is 238 g/mol. The van der Waals surface area contributed by atoms with Crippen molar-refractivity contribution in [2.24, 2.45) is 23.5 Å². The van der Waals surface area contributed by atoms with Gasteiger partial charge in [-0.05, 0) is 37.5 Å². The van der Waals surface area contributed by atoms with Crippen molar-refractivity contribution in [3.63, 3.8) is 0 Å². The lowest BCUT2D eigenvalue weighted by Crippen LogP contribution is -2.46. The summed E-state index contributed by atoms with van der Waals surface area (Å²) in [5, 5.41) is 0. The summed E-state index contributed by atoms with van der Waals surface area (Å²) in [4.78, 5) is 14.3. The summed E-state index contributed by atoms with van der Waals surface area (Å²) < 4.78 is 0. The molecule has 0 saturated heterocycles. The van der Waals surface area contributed by atoms with Crippen LogP contribution in [0.4, 0.5) is 0 Å². The van der Waals surface area contributed by atoms with Gasteiger partial charge >= 0.3 is 0 Å². The molecule has 2 saturated carbocycles. The zero-order chi connectivity index (χ0) is 12.4. The maximum atomic E-state index is 12.4. The number of carbonyl (C=O) groups excluding carboxylic acids is 1. The number of fused-ring (bicyclic) bond motifs is 2. The van der Waals surface area contributed by atoms with Crippen molar-refractivity contribution < 1.29 is 4.79 Å². The highest BCUT2D eigenvalue weighted by atomic mass is 16.2. The van der Waals surface area contributed by atoms with Gasteiger partial charge < -0.3 is 10.6 Å². The van der Waals surface area contributed by atoms with Crippen molar-refractivity contribution in [3.8, 4) is 0 Å². The molecule has 2 aliphatic rings. The van der Waals surface area contributed by atoms with Crippen LogP contribution < -0.4 is 5.73 Å². The van der Waals surface area contributed by atoms with Crippen LogP contribution in [0.3, 0.4) is 0 Å². The Morgan fingerprint density at radius 1 is 1.29 bits per heavy atom. The largest absolute Gasteiger partial charge is 0.345 e. The third-order valence-electron chi connectivity index (χ3n) is 4.74. The number of rotatable bonds is 5. The van der Waals surface area contributed by atoms with E-state index in [2.05, 4.69) is 6.92 Å². The molecule has 0 heterocycles. The molecule has 3 heteroatoms. The van der Waals surface area contributed by atoms with Crippen molar-refractivity contribution in [2.45, 2.75) is 51.5 Å². The van der Waals surface area contributed by atoms with Gasteiger partial charge in [-0.2, -0.15) is 0 Å².